The maximum absolute atomic E-state index is 9.03. The molecule has 0 amide bonds. The maximum Gasteiger partial charge on any atom is 0.0709 e. The lowest BCUT2D eigenvalue weighted by molar-refractivity contribution is 0.0377. The van der Waals surface area contributed by atoms with Crippen LogP contribution in [0, 0.1) is 0 Å². The van der Waals surface area contributed by atoms with Gasteiger partial charge in [-0.3, -0.25) is 4.90 Å². The zero-order valence-electron chi connectivity index (χ0n) is 10.4. The minimum atomic E-state index is 0.172. The van der Waals surface area contributed by atoms with E-state index in [9.17, 15) is 0 Å². The molecule has 0 aliphatic heterocycles. The first-order chi connectivity index (χ1) is 7.81. The van der Waals surface area contributed by atoms with Crippen LogP contribution in [0.15, 0.2) is 0 Å². The van der Waals surface area contributed by atoms with Crippen molar-refractivity contribution in [3.05, 3.63) is 0 Å². The fourth-order valence-corrected chi connectivity index (χ4v) is 2.17. The van der Waals surface area contributed by atoms with Crippen LogP contribution in [0.2, 0.25) is 0 Å². The molecule has 1 unspecified atom stereocenters. The zero-order valence-corrected chi connectivity index (χ0v) is 10.4. The average Bonchev–Trinajstić information content (AvgIpc) is 2.21. The molecule has 1 aliphatic rings. The van der Waals surface area contributed by atoms with Crippen molar-refractivity contribution in [3.63, 3.8) is 0 Å². The summed E-state index contributed by atoms with van der Waals surface area (Å²) in [6, 6.07) is 0.687. The Hall–Kier alpha value is -0.160. The Kier molecular flexibility index (Phi) is 6.96. The molecule has 0 radical (unpaired) electrons. The monoisotopic (exact) mass is 230 g/mol. The van der Waals surface area contributed by atoms with Gasteiger partial charge in [-0.25, -0.2) is 0 Å². The van der Waals surface area contributed by atoms with Gasteiger partial charge in [-0.2, -0.15) is 0 Å². The molecule has 4 nitrogen and oxygen atoms in total. The predicted molar refractivity (Wildman–Crippen MR) is 65.4 cm³/mol. The Balaban J connectivity index is 2.24. The van der Waals surface area contributed by atoms with Crippen molar-refractivity contribution in [2.45, 2.75) is 44.8 Å². The van der Waals surface area contributed by atoms with Gasteiger partial charge >= 0.3 is 0 Å². The van der Waals surface area contributed by atoms with E-state index >= 15 is 0 Å². The first-order valence-electron chi connectivity index (χ1n) is 6.48. The summed E-state index contributed by atoms with van der Waals surface area (Å²) in [6.45, 7) is 5.34. The van der Waals surface area contributed by atoms with Crippen molar-refractivity contribution in [3.8, 4) is 0 Å². The highest BCUT2D eigenvalue weighted by Gasteiger charge is 2.24. The number of ether oxygens (including phenoxy) is 1. The molecule has 0 saturated heterocycles. The SMILES string of the molecule is CCOC(CN)CCN(CCO)C1CCC1. The van der Waals surface area contributed by atoms with E-state index in [2.05, 4.69) is 4.90 Å². The van der Waals surface area contributed by atoms with Gasteiger partial charge in [-0.1, -0.05) is 6.42 Å². The summed E-state index contributed by atoms with van der Waals surface area (Å²) in [4.78, 5) is 2.38. The summed E-state index contributed by atoms with van der Waals surface area (Å²) in [7, 11) is 0. The molecule has 3 N–H and O–H groups in total. The molecule has 0 spiro atoms. The third-order valence-corrected chi connectivity index (χ3v) is 3.38. The highest BCUT2D eigenvalue weighted by molar-refractivity contribution is 4.80. The average molecular weight is 230 g/mol. The van der Waals surface area contributed by atoms with E-state index in [4.69, 9.17) is 15.6 Å². The molecule has 0 bridgehead atoms. The van der Waals surface area contributed by atoms with Gasteiger partial charge in [0, 0.05) is 32.3 Å². The van der Waals surface area contributed by atoms with Crippen LogP contribution in [0.1, 0.15) is 32.6 Å². The van der Waals surface area contributed by atoms with Crippen LogP contribution in [0.4, 0.5) is 0 Å². The largest absolute Gasteiger partial charge is 0.395 e. The lowest BCUT2D eigenvalue weighted by atomic mass is 9.91. The van der Waals surface area contributed by atoms with Gasteiger partial charge in [0.2, 0.25) is 0 Å². The number of rotatable bonds is 9. The van der Waals surface area contributed by atoms with Crippen molar-refractivity contribution in [2.75, 3.05) is 32.8 Å². The number of hydrogen-bond acceptors (Lipinski definition) is 4. The van der Waals surface area contributed by atoms with Gasteiger partial charge in [0.1, 0.15) is 0 Å². The lowest BCUT2D eigenvalue weighted by Crippen LogP contribution is -2.43. The zero-order chi connectivity index (χ0) is 11.8. The van der Waals surface area contributed by atoms with Crippen molar-refractivity contribution in [2.24, 2.45) is 5.73 Å². The number of nitrogens with zero attached hydrogens (tertiary/aromatic N) is 1. The van der Waals surface area contributed by atoms with Crippen LogP contribution in [-0.4, -0.2) is 55.0 Å². The molecule has 1 rings (SSSR count). The standard InChI is InChI=1S/C12H26N2O2/c1-2-16-12(10-13)6-7-14(8-9-15)11-4-3-5-11/h11-12,15H,2-10,13H2,1H3. The molecule has 0 aromatic carbocycles. The molecule has 0 aromatic heterocycles. The summed E-state index contributed by atoms with van der Waals surface area (Å²) in [5, 5.41) is 9.03. The highest BCUT2D eigenvalue weighted by atomic mass is 16.5. The van der Waals surface area contributed by atoms with E-state index < -0.39 is 0 Å². The Morgan fingerprint density at radius 2 is 2.19 bits per heavy atom. The maximum atomic E-state index is 9.03. The Labute approximate surface area is 98.8 Å². The van der Waals surface area contributed by atoms with E-state index in [0.717, 1.165) is 26.1 Å². The second kappa shape index (κ2) is 8.01. The van der Waals surface area contributed by atoms with Gasteiger partial charge in [0.05, 0.1) is 12.7 Å². The van der Waals surface area contributed by atoms with Crippen molar-refractivity contribution in [1.82, 2.24) is 4.90 Å². The van der Waals surface area contributed by atoms with Crippen molar-refractivity contribution >= 4 is 0 Å². The minimum Gasteiger partial charge on any atom is -0.395 e. The molecule has 96 valence electrons. The van der Waals surface area contributed by atoms with Crippen molar-refractivity contribution in [1.29, 1.82) is 0 Å². The van der Waals surface area contributed by atoms with E-state index in [1.54, 1.807) is 0 Å². The predicted octanol–water partition coefficient (Wildman–Crippen LogP) is 0.587. The first-order valence-corrected chi connectivity index (χ1v) is 6.48. The molecule has 1 saturated carbocycles. The molecular formula is C12H26N2O2. The molecule has 1 fully saturated rings. The number of nitrogens with two attached hydrogens (primary N) is 1. The van der Waals surface area contributed by atoms with Crippen LogP contribution < -0.4 is 5.73 Å². The Bertz CT molecular complexity index is 174. The van der Waals surface area contributed by atoms with Gasteiger partial charge in [-0.05, 0) is 26.2 Å². The van der Waals surface area contributed by atoms with E-state index in [1.165, 1.54) is 19.3 Å². The second-order valence-electron chi connectivity index (χ2n) is 4.45. The fourth-order valence-electron chi connectivity index (χ4n) is 2.17. The summed E-state index contributed by atoms with van der Waals surface area (Å²) in [5.74, 6) is 0. The topological polar surface area (TPSA) is 58.7 Å². The molecule has 0 aromatic rings. The highest BCUT2D eigenvalue weighted by Crippen LogP contribution is 2.24. The number of aliphatic hydroxyl groups excluding tert-OH is 1. The lowest BCUT2D eigenvalue weighted by Gasteiger charge is -2.37. The molecule has 1 aliphatic carbocycles. The van der Waals surface area contributed by atoms with Gasteiger partial charge in [0.15, 0.2) is 0 Å². The van der Waals surface area contributed by atoms with Crippen LogP contribution >= 0.6 is 0 Å². The Morgan fingerprint density at radius 3 is 2.62 bits per heavy atom. The van der Waals surface area contributed by atoms with E-state index in [-0.39, 0.29) is 12.7 Å². The normalized spacial score (nSPS) is 18.8. The molecular weight excluding hydrogens is 204 g/mol. The number of hydrogen-bond donors (Lipinski definition) is 2. The van der Waals surface area contributed by atoms with Crippen LogP contribution in [0.25, 0.3) is 0 Å². The fraction of sp³-hybridized carbons (Fsp3) is 1.00. The van der Waals surface area contributed by atoms with Crippen molar-refractivity contribution < 1.29 is 9.84 Å². The van der Waals surface area contributed by atoms with Gasteiger partial charge < -0.3 is 15.6 Å². The second-order valence-corrected chi connectivity index (χ2v) is 4.45. The smallest absolute Gasteiger partial charge is 0.0709 e. The number of aliphatic hydroxyl groups is 1. The van der Waals surface area contributed by atoms with Crippen LogP contribution in [0.3, 0.4) is 0 Å². The third-order valence-electron chi connectivity index (χ3n) is 3.38. The van der Waals surface area contributed by atoms with Crippen LogP contribution in [0.5, 0.6) is 0 Å². The van der Waals surface area contributed by atoms with Crippen LogP contribution in [-0.2, 0) is 4.74 Å². The Morgan fingerprint density at radius 1 is 1.44 bits per heavy atom. The molecule has 0 heterocycles. The third kappa shape index (κ3) is 4.37. The molecule has 16 heavy (non-hydrogen) atoms. The van der Waals surface area contributed by atoms with E-state index in [1.807, 2.05) is 6.92 Å². The van der Waals surface area contributed by atoms with Gasteiger partial charge in [-0.15, -0.1) is 0 Å². The quantitative estimate of drug-likeness (QED) is 0.608. The van der Waals surface area contributed by atoms with E-state index in [0.29, 0.717) is 12.6 Å². The summed E-state index contributed by atoms with van der Waals surface area (Å²) >= 11 is 0. The molecule has 1 atom stereocenters. The first kappa shape index (κ1) is 13.9. The summed E-state index contributed by atoms with van der Waals surface area (Å²) < 4.78 is 5.54. The van der Waals surface area contributed by atoms with Gasteiger partial charge in [0.25, 0.3) is 0 Å². The summed E-state index contributed by atoms with van der Waals surface area (Å²) in [6.07, 6.45) is 5.04. The summed E-state index contributed by atoms with van der Waals surface area (Å²) in [5.41, 5.74) is 5.65. The minimum absolute atomic E-state index is 0.172. The molecule has 4 heteroatoms.